The van der Waals surface area contributed by atoms with Gasteiger partial charge >= 0.3 is 5.69 Å². The molecule has 132 valence electrons. The van der Waals surface area contributed by atoms with E-state index in [0.717, 1.165) is 25.7 Å². The van der Waals surface area contributed by atoms with Gasteiger partial charge in [0.05, 0.1) is 6.42 Å². The molecule has 1 aromatic carbocycles. The Labute approximate surface area is 143 Å². The van der Waals surface area contributed by atoms with Gasteiger partial charge in [0, 0.05) is 23.7 Å². The zero-order valence-corrected chi connectivity index (χ0v) is 13.7. The van der Waals surface area contributed by atoms with Gasteiger partial charge in [-0.2, -0.15) is 0 Å². The summed E-state index contributed by atoms with van der Waals surface area (Å²) < 4.78 is 14.3. The number of carbonyl (C=O) groups is 1. The molecular formula is C18H20FN3O3. The highest BCUT2D eigenvalue weighted by Crippen LogP contribution is 2.41. The highest BCUT2D eigenvalue weighted by Gasteiger charge is 2.37. The molecule has 0 atom stereocenters. The van der Waals surface area contributed by atoms with E-state index in [2.05, 4.69) is 15.3 Å². The van der Waals surface area contributed by atoms with Crippen molar-refractivity contribution >= 4 is 5.91 Å². The van der Waals surface area contributed by atoms with Gasteiger partial charge < -0.3 is 10.3 Å². The highest BCUT2D eigenvalue weighted by atomic mass is 19.1. The van der Waals surface area contributed by atoms with Crippen molar-refractivity contribution in [2.75, 3.05) is 6.54 Å². The van der Waals surface area contributed by atoms with Crippen LogP contribution < -0.4 is 16.6 Å². The number of benzene rings is 1. The van der Waals surface area contributed by atoms with Gasteiger partial charge in [-0.25, -0.2) is 9.18 Å². The molecule has 3 N–H and O–H groups in total. The summed E-state index contributed by atoms with van der Waals surface area (Å²) >= 11 is 0. The van der Waals surface area contributed by atoms with Crippen LogP contribution in [0, 0.1) is 5.82 Å². The maximum atomic E-state index is 14.3. The predicted molar refractivity (Wildman–Crippen MR) is 90.9 cm³/mol. The molecule has 1 amide bonds. The Balaban J connectivity index is 1.72. The smallest absolute Gasteiger partial charge is 0.325 e. The largest absolute Gasteiger partial charge is 0.355 e. The van der Waals surface area contributed by atoms with E-state index in [9.17, 15) is 18.8 Å². The Morgan fingerprint density at radius 3 is 2.60 bits per heavy atom. The summed E-state index contributed by atoms with van der Waals surface area (Å²) in [6, 6.07) is 6.68. The molecule has 1 aliphatic carbocycles. The molecule has 6 nitrogen and oxygen atoms in total. The van der Waals surface area contributed by atoms with Crippen LogP contribution in [0.25, 0.3) is 0 Å². The first kappa shape index (κ1) is 17.1. The van der Waals surface area contributed by atoms with Crippen molar-refractivity contribution in [2.45, 2.75) is 37.5 Å². The van der Waals surface area contributed by atoms with Crippen molar-refractivity contribution in [3.63, 3.8) is 0 Å². The van der Waals surface area contributed by atoms with Crippen LogP contribution in [-0.4, -0.2) is 22.4 Å². The number of rotatable bonds is 5. The zero-order valence-electron chi connectivity index (χ0n) is 13.7. The third-order valence-corrected chi connectivity index (χ3v) is 4.88. The van der Waals surface area contributed by atoms with E-state index in [1.54, 1.807) is 18.2 Å². The van der Waals surface area contributed by atoms with Crippen molar-refractivity contribution in [2.24, 2.45) is 0 Å². The van der Waals surface area contributed by atoms with Gasteiger partial charge in [-0.15, -0.1) is 0 Å². The number of aromatic nitrogens is 2. The van der Waals surface area contributed by atoms with Gasteiger partial charge in [-0.3, -0.25) is 14.6 Å². The predicted octanol–water partition coefficient (Wildman–Crippen LogP) is 1.37. The number of H-pyrrole nitrogens is 2. The van der Waals surface area contributed by atoms with Crippen LogP contribution in [0.15, 0.2) is 40.1 Å². The van der Waals surface area contributed by atoms with E-state index >= 15 is 0 Å². The van der Waals surface area contributed by atoms with E-state index in [1.807, 2.05) is 0 Å². The van der Waals surface area contributed by atoms with Crippen molar-refractivity contribution in [3.8, 4) is 0 Å². The zero-order chi connectivity index (χ0) is 17.9. The molecule has 0 bridgehead atoms. The summed E-state index contributed by atoms with van der Waals surface area (Å²) in [6.07, 6.45) is 4.71. The first-order valence-corrected chi connectivity index (χ1v) is 8.33. The molecular weight excluding hydrogens is 325 g/mol. The molecule has 1 aliphatic rings. The molecule has 0 saturated heterocycles. The number of amides is 1. The van der Waals surface area contributed by atoms with Gasteiger partial charge in [0.15, 0.2) is 0 Å². The Kier molecular flexibility index (Phi) is 4.83. The fourth-order valence-corrected chi connectivity index (χ4v) is 3.56. The Morgan fingerprint density at radius 2 is 1.92 bits per heavy atom. The third kappa shape index (κ3) is 3.70. The topological polar surface area (TPSA) is 94.8 Å². The standard InChI is InChI=1S/C18H20FN3O3/c19-14-6-2-1-5-13(14)18(7-3-4-8-18)11-21-15(23)9-12-10-20-17(25)22-16(12)24/h1-2,5-6,10H,3-4,7-9,11H2,(H,21,23)(H2,20,22,24,25). The second-order valence-corrected chi connectivity index (χ2v) is 6.52. The van der Waals surface area contributed by atoms with E-state index in [1.165, 1.54) is 12.3 Å². The van der Waals surface area contributed by atoms with E-state index in [0.29, 0.717) is 12.1 Å². The molecule has 2 aromatic rings. The lowest BCUT2D eigenvalue weighted by Crippen LogP contribution is -2.40. The lowest BCUT2D eigenvalue weighted by Gasteiger charge is -2.30. The third-order valence-electron chi connectivity index (χ3n) is 4.88. The molecule has 0 unspecified atom stereocenters. The summed E-state index contributed by atoms with van der Waals surface area (Å²) in [6.45, 7) is 0.327. The van der Waals surface area contributed by atoms with Gasteiger partial charge in [-0.05, 0) is 24.5 Å². The van der Waals surface area contributed by atoms with Crippen LogP contribution in [-0.2, 0) is 16.6 Å². The number of hydrogen-bond acceptors (Lipinski definition) is 3. The molecule has 1 saturated carbocycles. The van der Waals surface area contributed by atoms with Crippen LogP contribution >= 0.6 is 0 Å². The van der Waals surface area contributed by atoms with Crippen molar-refractivity contribution in [1.29, 1.82) is 0 Å². The lowest BCUT2D eigenvalue weighted by molar-refractivity contribution is -0.120. The minimum absolute atomic E-state index is 0.139. The fraction of sp³-hybridized carbons (Fsp3) is 0.389. The van der Waals surface area contributed by atoms with Gasteiger partial charge in [0.1, 0.15) is 5.82 Å². The molecule has 3 rings (SSSR count). The highest BCUT2D eigenvalue weighted by molar-refractivity contribution is 5.78. The Hall–Kier alpha value is -2.70. The van der Waals surface area contributed by atoms with Crippen LogP contribution in [0.1, 0.15) is 36.8 Å². The molecule has 7 heteroatoms. The van der Waals surface area contributed by atoms with Crippen LogP contribution in [0.3, 0.4) is 0 Å². The minimum Gasteiger partial charge on any atom is -0.355 e. The summed E-state index contributed by atoms with van der Waals surface area (Å²) in [5, 5.41) is 2.83. The second kappa shape index (κ2) is 7.04. The maximum absolute atomic E-state index is 14.3. The van der Waals surface area contributed by atoms with Crippen molar-refractivity contribution in [1.82, 2.24) is 15.3 Å². The Bertz CT molecular complexity index is 881. The van der Waals surface area contributed by atoms with Crippen molar-refractivity contribution in [3.05, 3.63) is 68.2 Å². The number of carbonyl (C=O) groups excluding carboxylic acids is 1. The minimum atomic E-state index is -0.612. The second-order valence-electron chi connectivity index (χ2n) is 6.52. The average Bonchev–Trinajstić information content (AvgIpc) is 3.06. The van der Waals surface area contributed by atoms with E-state index in [4.69, 9.17) is 0 Å². The molecule has 0 aliphatic heterocycles. The average molecular weight is 345 g/mol. The maximum Gasteiger partial charge on any atom is 0.325 e. The van der Waals surface area contributed by atoms with E-state index < -0.39 is 16.7 Å². The number of nitrogens with one attached hydrogen (secondary N) is 3. The normalized spacial score (nSPS) is 15.9. The first-order chi connectivity index (χ1) is 12.0. The Morgan fingerprint density at radius 1 is 1.20 bits per heavy atom. The molecule has 25 heavy (non-hydrogen) atoms. The monoisotopic (exact) mass is 345 g/mol. The molecule has 0 spiro atoms. The van der Waals surface area contributed by atoms with Gasteiger partial charge in [0.2, 0.25) is 5.91 Å². The lowest BCUT2D eigenvalue weighted by atomic mass is 9.78. The van der Waals surface area contributed by atoms with Crippen molar-refractivity contribution < 1.29 is 9.18 Å². The summed E-state index contributed by atoms with van der Waals surface area (Å²) in [5.74, 6) is -0.587. The van der Waals surface area contributed by atoms with Gasteiger partial charge in [0.25, 0.3) is 5.56 Å². The molecule has 1 heterocycles. The van der Waals surface area contributed by atoms with Gasteiger partial charge in [-0.1, -0.05) is 31.0 Å². The number of halogens is 1. The molecule has 1 aromatic heterocycles. The summed E-state index contributed by atoms with van der Waals surface area (Å²) in [4.78, 5) is 39.3. The number of hydrogen-bond donors (Lipinski definition) is 3. The first-order valence-electron chi connectivity index (χ1n) is 8.33. The molecule has 0 radical (unpaired) electrons. The number of aromatic amines is 2. The SMILES string of the molecule is O=C(Cc1c[nH]c(=O)[nH]c1=O)NCC1(c2ccccc2F)CCCC1. The van der Waals surface area contributed by atoms with Crippen LogP contribution in [0.2, 0.25) is 0 Å². The summed E-state index contributed by atoms with van der Waals surface area (Å²) in [7, 11) is 0. The van der Waals surface area contributed by atoms with Crippen LogP contribution in [0.4, 0.5) is 4.39 Å². The van der Waals surface area contributed by atoms with E-state index in [-0.39, 0.29) is 23.7 Å². The fourth-order valence-electron chi connectivity index (χ4n) is 3.56. The molecule has 1 fully saturated rings. The summed E-state index contributed by atoms with van der Waals surface area (Å²) in [5.41, 5.74) is -0.779. The van der Waals surface area contributed by atoms with Crippen LogP contribution in [0.5, 0.6) is 0 Å². The quantitative estimate of drug-likeness (QED) is 0.764.